The molecule has 0 aliphatic heterocycles. The zero-order chi connectivity index (χ0) is 14.5. The quantitative estimate of drug-likeness (QED) is 0.926. The molecule has 0 fully saturated rings. The number of hydrogen-bond donors (Lipinski definition) is 1. The summed E-state index contributed by atoms with van der Waals surface area (Å²) in [5.41, 5.74) is 6.11. The van der Waals surface area contributed by atoms with Crippen LogP contribution in [0.5, 0.6) is 5.75 Å². The SMILES string of the molecule is N#Cc1c(F)cccc1OCc1cccc(C(N)=O)c1. The van der Waals surface area contributed by atoms with Gasteiger partial charge in [-0.15, -0.1) is 0 Å². The number of amides is 1. The number of primary amides is 1. The molecule has 2 rings (SSSR count). The molecule has 0 atom stereocenters. The Bertz CT molecular complexity index is 693. The number of rotatable bonds is 4. The van der Waals surface area contributed by atoms with E-state index < -0.39 is 11.7 Å². The van der Waals surface area contributed by atoms with Gasteiger partial charge in [0.15, 0.2) is 0 Å². The van der Waals surface area contributed by atoms with Gasteiger partial charge in [-0.25, -0.2) is 4.39 Å². The summed E-state index contributed by atoms with van der Waals surface area (Å²) in [6.07, 6.45) is 0. The highest BCUT2D eigenvalue weighted by molar-refractivity contribution is 5.92. The maximum Gasteiger partial charge on any atom is 0.248 e. The van der Waals surface area contributed by atoms with Crippen LogP contribution in [-0.2, 0) is 6.61 Å². The van der Waals surface area contributed by atoms with Gasteiger partial charge in [-0.3, -0.25) is 4.79 Å². The van der Waals surface area contributed by atoms with Crippen molar-refractivity contribution in [3.63, 3.8) is 0 Å². The fourth-order valence-electron chi connectivity index (χ4n) is 1.71. The van der Waals surface area contributed by atoms with Crippen molar-refractivity contribution in [2.45, 2.75) is 6.61 Å². The summed E-state index contributed by atoms with van der Waals surface area (Å²) in [6, 6.07) is 12.5. The number of nitrogens with two attached hydrogens (primary N) is 1. The minimum Gasteiger partial charge on any atom is -0.487 e. The Morgan fingerprint density at radius 3 is 2.75 bits per heavy atom. The molecule has 0 saturated carbocycles. The first kappa shape index (κ1) is 13.6. The third-order valence-electron chi connectivity index (χ3n) is 2.69. The fourth-order valence-corrected chi connectivity index (χ4v) is 1.71. The molecule has 100 valence electrons. The first-order chi connectivity index (χ1) is 9.61. The molecule has 0 aliphatic rings. The van der Waals surface area contributed by atoms with Crippen LogP contribution in [-0.4, -0.2) is 5.91 Å². The van der Waals surface area contributed by atoms with Crippen molar-refractivity contribution in [2.24, 2.45) is 5.73 Å². The lowest BCUT2D eigenvalue weighted by Crippen LogP contribution is -2.11. The molecule has 1 amide bonds. The normalized spacial score (nSPS) is 9.80. The lowest BCUT2D eigenvalue weighted by Gasteiger charge is -2.08. The van der Waals surface area contributed by atoms with Crippen LogP contribution in [0.4, 0.5) is 4.39 Å². The Kier molecular flexibility index (Phi) is 3.96. The summed E-state index contributed by atoms with van der Waals surface area (Å²) in [6.45, 7) is 0.110. The molecule has 0 aromatic heterocycles. The summed E-state index contributed by atoms with van der Waals surface area (Å²) >= 11 is 0. The van der Waals surface area contributed by atoms with E-state index in [1.807, 2.05) is 0 Å². The molecule has 4 nitrogen and oxygen atoms in total. The number of halogens is 1. The first-order valence-electron chi connectivity index (χ1n) is 5.82. The maximum absolute atomic E-state index is 13.4. The molecule has 20 heavy (non-hydrogen) atoms. The number of carbonyl (C=O) groups is 1. The molecule has 0 saturated heterocycles. The number of ether oxygens (including phenoxy) is 1. The van der Waals surface area contributed by atoms with E-state index in [1.54, 1.807) is 30.3 Å². The highest BCUT2D eigenvalue weighted by atomic mass is 19.1. The number of hydrogen-bond acceptors (Lipinski definition) is 3. The van der Waals surface area contributed by atoms with Gasteiger partial charge in [-0.05, 0) is 29.8 Å². The van der Waals surface area contributed by atoms with Crippen LogP contribution in [0.25, 0.3) is 0 Å². The van der Waals surface area contributed by atoms with Crippen molar-refractivity contribution in [3.8, 4) is 11.8 Å². The van der Waals surface area contributed by atoms with Gasteiger partial charge in [-0.2, -0.15) is 5.26 Å². The molecular weight excluding hydrogens is 259 g/mol. The maximum atomic E-state index is 13.4. The third-order valence-corrected chi connectivity index (χ3v) is 2.69. The fraction of sp³-hybridized carbons (Fsp3) is 0.0667. The van der Waals surface area contributed by atoms with E-state index >= 15 is 0 Å². The molecule has 0 heterocycles. The monoisotopic (exact) mass is 270 g/mol. The van der Waals surface area contributed by atoms with Crippen molar-refractivity contribution < 1.29 is 13.9 Å². The number of benzene rings is 2. The van der Waals surface area contributed by atoms with Gasteiger partial charge < -0.3 is 10.5 Å². The van der Waals surface area contributed by atoms with Gasteiger partial charge in [0.2, 0.25) is 5.91 Å². The Labute approximate surface area is 115 Å². The Morgan fingerprint density at radius 1 is 1.30 bits per heavy atom. The average Bonchev–Trinajstić information content (AvgIpc) is 2.45. The molecule has 2 aromatic rings. The van der Waals surface area contributed by atoms with Crippen LogP contribution < -0.4 is 10.5 Å². The van der Waals surface area contributed by atoms with Gasteiger partial charge >= 0.3 is 0 Å². The summed E-state index contributed by atoms with van der Waals surface area (Å²) in [7, 11) is 0. The number of carbonyl (C=O) groups excluding carboxylic acids is 1. The number of nitriles is 1. The van der Waals surface area contributed by atoms with Gasteiger partial charge in [0.1, 0.15) is 29.8 Å². The van der Waals surface area contributed by atoms with Crippen molar-refractivity contribution in [1.82, 2.24) is 0 Å². The van der Waals surface area contributed by atoms with E-state index in [0.717, 1.165) is 0 Å². The molecular formula is C15H11FN2O2. The van der Waals surface area contributed by atoms with E-state index in [-0.39, 0.29) is 17.9 Å². The second kappa shape index (κ2) is 5.85. The van der Waals surface area contributed by atoms with Gasteiger partial charge in [0.05, 0.1) is 0 Å². The van der Waals surface area contributed by atoms with Gasteiger partial charge in [0, 0.05) is 5.56 Å². The van der Waals surface area contributed by atoms with Crippen molar-refractivity contribution in [2.75, 3.05) is 0 Å². The van der Waals surface area contributed by atoms with E-state index in [0.29, 0.717) is 11.1 Å². The zero-order valence-electron chi connectivity index (χ0n) is 10.5. The minimum absolute atomic E-state index is 0.110. The van der Waals surface area contributed by atoms with Crippen molar-refractivity contribution in [3.05, 3.63) is 65.0 Å². The molecule has 2 N–H and O–H groups in total. The largest absolute Gasteiger partial charge is 0.487 e. The Morgan fingerprint density at radius 2 is 2.05 bits per heavy atom. The standard InChI is InChI=1S/C15H11FN2O2/c16-13-5-2-6-14(12(13)8-17)20-9-10-3-1-4-11(7-10)15(18)19/h1-7H,9H2,(H2,18,19). The zero-order valence-corrected chi connectivity index (χ0v) is 10.5. The summed E-state index contributed by atoms with van der Waals surface area (Å²) in [4.78, 5) is 11.1. The molecule has 2 aromatic carbocycles. The van der Waals surface area contributed by atoms with Crippen molar-refractivity contribution in [1.29, 1.82) is 5.26 Å². The average molecular weight is 270 g/mol. The summed E-state index contributed by atoms with van der Waals surface area (Å²) in [5, 5.41) is 8.88. The minimum atomic E-state index is -0.629. The van der Waals surface area contributed by atoms with Crippen LogP contribution in [0.1, 0.15) is 21.5 Å². The molecule has 5 heteroatoms. The van der Waals surface area contributed by atoms with Crippen LogP contribution in [0.3, 0.4) is 0 Å². The van der Waals surface area contributed by atoms with Crippen LogP contribution in [0, 0.1) is 17.1 Å². The predicted molar refractivity (Wildman–Crippen MR) is 70.4 cm³/mol. The highest BCUT2D eigenvalue weighted by Gasteiger charge is 2.09. The summed E-state index contributed by atoms with van der Waals surface area (Å²) in [5.74, 6) is -0.997. The molecule has 0 unspecified atom stereocenters. The molecule has 0 radical (unpaired) electrons. The predicted octanol–water partition coefficient (Wildman–Crippen LogP) is 2.38. The van der Waals surface area contributed by atoms with E-state index in [1.165, 1.54) is 18.2 Å². The van der Waals surface area contributed by atoms with Crippen LogP contribution in [0.2, 0.25) is 0 Å². The van der Waals surface area contributed by atoms with E-state index in [2.05, 4.69) is 0 Å². The first-order valence-corrected chi connectivity index (χ1v) is 5.82. The Balaban J connectivity index is 2.17. The topological polar surface area (TPSA) is 76.1 Å². The van der Waals surface area contributed by atoms with E-state index in [9.17, 15) is 9.18 Å². The van der Waals surface area contributed by atoms with Gasteiger partial charge in [-0.1, -0.05) is 18.2 Å². The lowest BCUT2D eigenvalue weighted by molar-refractivity contribution is 0.1000. The number of nitrogens with zero attached hydrogens (tertiary/aromatic N) is 1. The lowest BCUT2D eigenvalue weighted by atomic mass is 10.1. The molecule has 0 aliphatic carbocycles. The second-order valence-electron chi connectivity index (χ2n) is 4.08. The third kappa shape index (κ3) is 2.93. The summed E-state index contributed by atoms with van der Waals surface area (Å²) < 4.78 is 18.8. The van der Waals surface area contributed by atoms with E-state index in [4.69, 9.17) is 15.7 Å². The van der Waals surface area contributed by atoms with Crippen LogP contribution in [0.15, 0.2) is 42.5 Å². The molecule has 0 bridgehead atoms. The van der Waals surface area contributed by atoms with Crippen molar-refractivity contribution >= 4 is 5.91 Å². The van der Waals surface area contributed by atoms with Crippen LogP contribution >= 0.6 is 0 Å². The Hall–Kier alpha value is -2.87. The highest BCUT2D eigenvalue weighted by Crippen LogP contribution is 2.21. The molecule has 0 spiro atoms. The second-order valence-corrected chi connectivity index (χ2v) is 4.08. The smallest absolute Gasteiger partial charge is 0.248 e. The van der Waals surface area contributed by atoms with Gasteiger partial charge in [0.25, 0.3) is 0 Å².